The Labute approximate surface area is 402 Å². The maximum atomic E-state index is 13.0. The van der Waals surface area contributed by atoms with Gasteiger partial charge in [-0.15, -0.1) is 5.10 Å². The van der Waals surface area contributed by atoms with Crippen molar-refractivity contribution < 1.29 is 49.0 Å². The Morgan fingerprint density at radius 2 is 1.11 bits per heavy atom. The Balaban J connectivity index is 1.72. The lowest BCUT2D eigenvalue weighted by Crippen LogP contribution is -2.56. The van der Waals surface area contributed by atoms with E-state index in [0.29, 0.717) is 6.42 Å². The van der Waals surface area contributed by atoms with Gasteiger partial charge >= 0.3 is 11.9 Å². The number of nitrogens with zero attached hydrogens (tertiary/aromatic N) is 3. The lowest BCUT2D eigenvalue weighted by atomic mass is 9.98. The van der Waals surface area contributed by atoms with Crippen LogP contribution in [0, 0.1) is 0 Å². The van der Waals surface area contributed by atoms with Gasteiger partial charge in [-0.05, 0) is 12.8 Å². The van der Waals surface area contributed by atoms with E-state index in [4.69, 9.17) is 19.9 Å². The van der Waals surface area contributed by atoms with Crippen LogP contribution in [0.5, 0.6) is 0 Å². The SMILES string of the molecule is CCCCCCCCCCCCCCCCCC(=O)OC[C@H](CSC[C@@H](N)C(=O)Nc1cn([C@@H]2OC(CO)C(O)C(O)C2O)nn1)OC(=O)CCCCCCCCCCCCCCCCC. The van der Waals surface area contributed by atoms with Gasteiger partial charge in [-0.25, -0.2) is 4.68 Å². The minimum atomic E-state index is -1.60. The number of anilines is 1. The Hall–Kier alpha value is -2.34. The predicted octanol–water partition coefficient (Wildman–Crippen LogP) is 9.23. The molecule has 1 aliphatic rings. The molecule has 66 heavy (non-hydrogen) atoms. The molecule has 0 spiro atoms. The molecule has 7 atom stereocenters. The summed E-state index contributed by atoms with van der Waals surface area (Å²) in [5, 5.41) is 50.4. The summed E-state index contributed by atoms with van der Waals surface area (Å²) in [5.74, 6) is -0.786. The number of aliphatic hydroxyl groups excluding tert-OH is 4. The number of rotatable bonds is 43. The van der Waals surface area contributed by atoms with Crippen molar-refractivity contribution >= 4 is 35.4 Å². The highest BCUT2D eigenvalue weighted by Crippen LogP contribution is 2.28. The summed E-state index contributed by atoms with van der Waals surface area (Å²) >= 11 is 1.30. The number of aliphatic hydroxyl groups is 4. The highest BCUT2D eigenvalue weighted by Gasteiger charge is 2.44. The first-order chi connectivity index (χ1) is 32.1. The van der Waals surface area contributed by atoms with Crippen molar-refractivity contribution in [3.05, 3.63) is 6.20 Å². The molecule has 0 aliphatic carbocycles. The number of esters is 2. The molecule has 7 N–H and O–H groups in total. The monoisotopic (exact) mass is 956 g/mol. The maximum absolute atomic E-state index is 13.0. The molecule has 0 saturated carbocycles. The molecule has 16 heteroatoms. The van der Waals surface area contributed by atoms with Crippen LogP contribution in [0.3, 0.4) is 0 Å². The van der Waals surface area contributed by atoms with Crippen LogP contribution in [0.15, 0.2) is 6.20 Å². The Bertz CT molecular complexity index is 1360. The van der Waals surface area contributed by atoms with E-state index < -0.39 is 55.3 Å². The lowest BCUT2D eigenvalue weighted by Gasteiger charge is -2.39. The molecular weight excluding hydrogens is 863 g/mol. The summed E-state index contributed by atoms with van der Waals surface area (Å²) in [6.45, 7) is 3.84. The topological polar surface area (TPSA) is 229 Å². The highest BCUT2D eigenvalue weighted by atomic mass is 32.2. The summed E-state index contributed by atoms with van der Waals surface area (Å²) in [4.78, 5) is 38.6. The zero-order valence-corrected chi connectivity index (χ0v) is 42.0. The van der Waals surface area contributed by atoms with Gasteiger partial charge in [0, 0.05) is 24.3 Å². The van der Waals surface area contributed by atoms with Crippen molar-refractivity contribution in [1.29, 1.82) is 0 Å². The number of carbonyl (C=O) groups excluding carboxylic acids is 3. The van der Waals surface area contributed by atoms with Gasteiger partial charge in [-0.1, -0.05) is 199 Å². The first-order valence-electron chi connectivity index (χ1n) is 26.3. The van der Waals surface area contributed by atoms with Gasteiger partial charge in [0.05, 0.1) is 18.8 Å². The number of nitrogens with one attached hydrogen (secondary N) is 1. The van der Waals surface area contributed by atoms with Gasteiger partial charge in [0.15, 0.2) is 12.0 Å². The first-order valence-corrected chi connectivity index (χ1v) is 27.5. The second-order valence-electron chi connectivity index (χ2n) is 18.6. The number of aromatic nitrogens is 3. The molecular formula is C50H93N5O10S. The number of unbranched alkanes of at least 4 members (excludes halogenated alkanes) is 28. The third-order valence-corrected chi connectivity index (χ3v) is 13.7. The fourth-order valence-corrected chi connectivity index (χ4v) is 9.25. The average molecular weight is 956 g/mol. The van der Waals surface area contributed by atoms with Crippen LogP contribution in [0.2, 0.25) is 0 Å². The molecule has 0 bridgehead atoms. The number of hydrogen-bond acceptors (Lipinski definition) is 14. The van der Waals surface area contributed by atoms with Crippen LogP contribution in [0.4, 0.5) is 5.82 Å². The van der Waals surface area contributed by atoms with E-state index in [1.54, 1.807) is 0 Å². The average Bonchev–Trinajstić information content (AvgIpc) is 3.77. The van der Waals surface area contributed by atoms with Crippen molar-refractivity contribution in [2.75, 3.05) is 30.0 Å². The van der Waals surface area contributed by atoms with E-state index in [1.165, 1.54) is 172 Å². The third-order valence-electron chi connectivity index (χ3n) is 12.5. The molecule has 2 rings (SSSR count). The van der Waals surface area contributed by atoms with Crippen LogP contribution in [0.25, 0.3) is 0 Å². The Morgan fingerprint density at radius 3 is 1.56 bits per heavy atom. The van der Waals surface area contributed by atoms with Crippen molar-refractivity contribution in [2.24, 2.45) is 5.73 Å². The number of amides is 1. The predicted molar refractivity (Wildman–Crippen MR) is 263 cm³/mol. The summed E-state index contributed by atoms with van der Waals surface area (Å²) in [7, 11) is 0. The second-order valence-corrected chi connectivity index (χ2v) is 19.7. The third kappa shape index (κ3) is 28.2. The number of thioether (sulfide) groups is 1. The molecule has 1 amide bonds. The van der Waals surface area contributed by atoms with E-state index >= 15 is 0 Å². The molecule has 1 aromatic heterocycles. The van der Waals surface area contributed by atoms with Crippen LogP contribution in [-0.4, -0.2) is 115 Å². The van der Waals surface area contributed by atoms with E-state index in [0.717, 1.165) is 43.2 Å². The fraction of sp³-hybridized carbons (Fsp3) is 0.900. The van der Waals surface area contributed by atoms with Gasteiger partial charge in [0.25, 0.3) is 0 Å². The molecule has 1 aromatic rings. The Kier molecular flexibility index (Phi) is 35.8. The summed E-state index contributed by atoms with van der Waals surface area (Å²) in [6, 6.07) is -0.989. The van der Waals surface area contributed by atoms with Gasteiger partial charge in [0.1, 0.15) is 37.1 Å². The molecule has 0 aromatic carbocycles. The maximum Gasteiger partial charge on any atom is 0.306 e. The minimum absolute atomic E-state index is 0.00372. The quantitative estimate of drug-likeness (QED) is 0.0265. The van der Waals surface area contributed by atoms with E-state index in [9.17, 15) is 34.8 Å². The van der Waals surface area contributed by atoms with E-state index in [2.05, 4.69) is 29.5 Å². The van der Waals surface area contributed by atoms with Gasteiger partial charge < -0.3 is 45.7 Å². The molecule has 1 aliphatic heterocycles. The van der Waals surface area contributed by atoms with Crippen LogP contribution >= 0.6 is 11.8 Å². The van der Waals surface area contributed by atoms with Gasteiger partial charge in [0.2, 0.25) is 5.91 Å². The smallest absolute Gasteiger partial charge is 0.306 e. The standard InChI is InChI=1S/C50H93N5O10S/c1-3-5-7-9-11-13-15-17-19-21-23-25-27-29-31-33-44(57)63-37-40(64-45(58)34-32-30-28-26-24-22-20-18-16-14-12-10-8-6-4-2)38-66-39-41(51)49(62)52-43-35-55(54-53-43)50-48(61)47(60)46(59)42(36-56)65-50/h35,40-42,46-48,50,56,59-61H,3-34,36-39,51H2,1-2H3,(H,52,62)/t40-,41-,42?,46?,47?,48?,50-/m1/s1. The molecule has 1 saturated heterocycles. The first kappa shape index (κ1) is 59.8. The van der Waals surface area contributed by atoms with Crippen LogP contribution in [-0.2, 0) is 28.6 Å². The highest BCUT2D eigenvalue weighted by molar-refractivity contribution is 7.99. The van der Waals surface area contributed by atoms with Crippen LogP contribution < -0.4 is 11.1 Å². The van der Waals surface area contributed by atoms with Crippen molar-refractivity contribution in [3.63, 3.8) is 0 Å². The normalized spacial score (nSPS) is 19.4. The molecule has 384 valence electrons. The van der Waals surface area contributed by atoms with Crippen molar-refractivity contribution in [3.8, 4) is 0 Å². The second kappa shape index (κ2) is 39.5. The summed E-state index contributed by atoms with van der Waals surface area (Å²) in [5.41, 5.74) is 6.20. The van der Waals surface area contributed by atoms with Gasteiger partial charge in [-0.2, -0.15) is 11.8 Å². The van der Waals surface area contributed by atoms with E-state index in [1.807, 2.05) is 0 Å². The fourth-order valence-electron chi connectivity index (χ4n) is 8.28. The zero-order valence-electron chi connectivity index (χ0n) is 41.1. The molecule has 4 unspecified atom stereocenters. The van der Waals surface area contributed by atoms with E-state index in [-0.39, 0.29) is 42.3 Å². The molecule has 0 radical (unpaired) electrons. The number of carbonyl (C=O) groups is 3. The molecule has 1 fully saturated rings. The molecule has 15 nitrogen and oxygen atoms in total. The number of nitrogens with two attached hydrogens (primary N) is 1. The van der Waals surface area contributed by atoms with Crippen LogP contribution in [0.1, 0.15) is 226 Å². The summed E-state index contributed by atoms with van der Waals surface area (Å²) in [6.07, 6.45) is 31.3. The molecule has 2 heterocycles. The van der Waals surface area contributed by atoms with Crippen molar-refractivity contribution in [1.82, 2.24) is 15.0 Å². The Morgan fingerprint density at radius 1 is 0.667 bits per heavy atom. The largest absolute Gasteiger partial charge is 0.462 e. The zero-order chi connectivity index (χ0) is 48.0. The van der Waals surface area contributed by atoms with Gasteiger partial charge in [-0.3, -0.25) is 14.4 Å². The summed E-state index contributed by atoms with van der Waals surface area (Å²) < 4.78 is 18.0. The lowest BCUT2D eigenvalue weighted by molar-refractivity contribution is -0.254. The minimum Gasteiger partial charge on any atom is -0.462 e. The number of hydrogen-bond donors (Lipinski definition) is 6. The number of ether oxygens (including phenoxy) is 3. The van der Waals surface area contributed by atoms with Crippen molar-refractivity contribution in [2.45, 2.75) is 262 Å².